The zero-order valence-corrected chi connectivity index (χ0v) is 18.6. The summed E-state index contributed by atoms with van der Waals surface area (Å²) in [5.74, 6) is 0.618. The third-order valence-corrected chi connectivity index (χ3v) is 8.02. The highest BCUT2D eigenvalue weighted by atomic mass is 32.2. The first kappa shape index (κ1) is 21.6. The standard InChI is InChI=1S/C23H29N3O4S/c1-30-21-11-9-20(10-12-21)24-14-16-25(17-15-24)23(27)19-6-5-13-26(18-19)31(28,29)22-7-3-2-4-8-22/h2-4,7-12,19H,5-6,13-18H2,1H3/t19-/m0/s1. The Kier molecular flexibility index (Phi) is 6.48. The Morgan fingerprint density at radius 2 is 1.61 bits per heavy atom. The molecule has 4 rings (SSSR count). The van der Waals surface area contributed by atoms with Crippen molar-refractivity contribution in [1.29, 1.82) is 0 Å². The maximum absolute atomic E-state index is 13.2. The number of nitrogens with zero attached hydrogens (tertiary/aromatic N) is 3. The largest absolute Gasteiger partial charge is 0.497 e. The van der Waals surface area contributed by atoms with E-state index in [0.29, 0.717) is 26.1 Å². The van der Waals surface area contributed by atoms with E-state index in [0.717, 1.165) is 30.9 Å². The summed E-state index contributed by atoms with van der Waals surface area (Å²) < 4.78 is 32.6. The molecule has 1 atom stereocenters. The number of benzene rings is 2. The molecule has 7 nitrogen and oxygen atoms in total. The van der Waals surface area contributed by atoms with Gasteiger partial charge >= 0.3 is 0 Å². The lowest BCUT2D eigenvalue weighted by Gasteiger charge is -2.39. The summed E-state index contributed by atoms with van der Waals surface area (Å²) in [6, 6.07) is 16.4. The van der Waals surface area contributed by atoms with Crippen molar-refractivity contribution in [3.63, 3.8) is 0 Å². The summed E-state index contributed by atoms with van der Waals surface area (Å²) in [6.45, 7) is 3.54. The van der Waals surface area contributed by atoms with E-state index in [-0.39, 0.29) is 23.3 Å². The molecule has 2 aromatic carbocycles. The Bertz CT molecular complexity index is 987. The number of amides is 1. The fourth-order valence-corrected chi connectivity index (χ4v) is 5.88. The zero-order valence-electron chi connectivity index (χ0n) is 17.8. The molecule has 8 heteroatoms. The normalized spacial score (nSPS) is 20.5. The predicted octanol–water partition coefficient (Wildman–Crippen LogP) is 2.44. The number of carbonyl (C=O) groups is 1. The van der Waals surface area contributed by atoms with Crippen LogP contribution in [-0.4, -0.2) is 69.9 Å². The number of rotatable bonds is 5. The smallest absolute Gasteiger partial charge is 0.243 e. The van der Waals surface area contributed by atoms with Gasteiger partial charge in [0.15, 0.2) is 0 Å². The third-order valence-electron chi connectivity index (χ3n) is 6.14. The number of sulfonamides is 1. The molecular weight excluding hydrogens is 414 g/mol. The minimum atomic E-state index is -3.57. The first-order chi connectivity index (χ1) is 15.0. The quantitative estimate of drug-likeness (QED) is 0.710. The zero-order chi connectivity index (χ0) is 21.8. The monoisotopic (exact) mass is 443 g/mol. The van der Waals surface area contributed by atoms with E-state index in [4.69, 9.17) is 4.74 Å². The maximum Gasteiger partial charge on any atom is 0.243 e. The molecule has 0 bridgehead atoms. The van der Waals surface area contributed by atoms with Gasteiger partial charge in [-0.25, -0.2) is 8.42 Å². The van der Waals surface area contributed by atoms with Crippen molar-refractivity contribution in [3.05, 3.63) is 54.6 Å². The van der Waals surface area contributed by atoms with Crippen molar-refractivity contribution in [2.24, 2.45) is 5.92 Å². The lowest BCUT2D eigenvalue weighted by atomic mass is 9.97. The highest BCUT2D eigenvalue weighted by molar-refractivity contribution is 7.89. The van der Waals surface area contributed by atoms with Gasteiger partial charge in [0.2, 0.25) is 15.9 Å². The average molecular weight is 444 g/mol. The summed E-state index contributed by atoms with van der Waals surface area (Å²) >= 11 is 0. The summed E-state index contributed by atoms with van der Waals surface area (Å²) in [5, 5.41) is 0. The van der Waals surface area contributed by atoms with Crippen LogP contribution in [0.5, 0.6) is 5.75 Å². The molecule has 31 heavy (non-hydrogen) atoms. The van der Waals surface area contributed by atoms with E-state index >= 15 is 0 Å². The van der Waals surface area contributed by atoms with Gasteiger partial charge in [0, 0.05) is 45.0 Å². The number of methoxy groups -OCH3 is 1. The van der Waals surface area contributed by atoms with Gasteiger partial charge in [-0.3, -0.25) is 4.79 Å². The summed E-state index contributed by atoms with van der Waals surface area (Å²) in [5.41, 5.74) is 1.12. The van der Waals surface area contributed by atoms with E-state index < -0.39 is 10.0 Å². The third kappa shape index (κ3) is 4.70. The molecule has 1 amide bonds. The van der Waals surface area contributed by atoms with Gasteiger partial charge in [-0.2, -0.15) is 4.31 Å². The van der Waals surface area contributed by atoms with Crippen molar-refractivity contribution in [2.45, 2.75) is 17.7 Å². The van der Waals surface area contributed by atoms with Crippen molar-refractivity contribution >= 4 is 21.6 Å². The van der Waals surface area contributed by atoms with Gasteiger partial charge in [0.05, 0.1) is 17.9 Å². The van der Waals surface area contributed by atoms with Gasteiger partial charge in [0.25, 0.3) is 0 Å². The number of piperidine rings is 1. The SMILES string of the molecule is COc1ccc(N2CCN(C(=O)[C@H]3CCCN(S(=O)(=O)c4ccccc4)C3)CC2)cc1. The summed E-state index contributed by atoms with van der Waals surface area (Å²) in [4.78, 5) is 17.6. The number of ether oxygens (including phenoxy) is 1. The van der Waals surface area contributed by atoms with Crippen LogP contribution in [0.3, 0.4) is 0 Å². The van der Waals surface area contributed by atoms with Gasteiger partial charge in [0.1, 0.15) is 5.75 Å². The van der Waals surface area contributed by atoms with Gasteiger partial charge in [-0.05, 0) is 49.2 Å². The topological polar surface area (TPSA) is 70.2 Å². The molecule has 2 aliphatic rings. The van der Waals surface area contributed by atoms with Crippen LogP contribution in [0.4, 0.5) is 5.69 Å². The second-order valence-corrected chi connectivity index (χ2v) is 9.96. The number of carbonyl (C=O) groups excluding carboxylic acids is 1. The molecule has 2 heterocycles. The van der Waals surface area contributed by atoms with Crippen LogP contribution in [0.15, 0.2) is 59.5 Å². The molecule has 0 radical (unpaired) electrons. The highest BCUT2D eigenvalue weighted by Gasteiger charge is 2.35. The Balaban J connectivity index is 1.36. The number of anilines is 1. The van der Waals surface area contributed by atoms with E-state index in [1.165, 1.54) is 4.31 Å². The first-order valence-corrected chi connectivity index (χ1v) is 12.2. The highest BCUT2D eigenvalue weighted by Crippen LogP contribution is 2.26. The van der Waals surface area contributed by atoms with Crippen molar-refractivity contribution in [2.75, 3.05) is 51.3 Å². The van der Waals surface area contributed by atoms with Crippen LogP contribution in [0.25, 0.3) is 0 Å². The van der Waals surface area contributed by atoms with Crippen LogP contribution >= 0.6 is 0 Å². The minimum Gasteiger partial charge on any atom is -0.497 e. The summed E-state index contributed by atoms with van der Waals surface area (Å²) in [7, 11) is -1.92. The molecule has 0 N–H and O–H groups in total. The second kappa shape index (κ2) is 9.28. The maximum atomic E-state index is 13.2. The fraction of sp³-hybridized carbons (Fsp3) is 0.435. The molecule has 0 aromatic heterocycles. The van der Waals surface area contributed by atoms with Gasteiger partial charge in [-0.1, -0.05) is 18.2 Å². The van der Waals surface area contributed by atoms with E-state index in [9.17, 15) is 13.2 Å². The van der Waals surface area contributed by atoms with Crippen molar-refractivity contribution in [1.82, 2.24) is 9.21 Å². The average Bonchev–Trinajstić information content (AvgIpc) is 2.84. The Labute approximate surface area is 184 Å². The number of piperazine rings is 1. The summed E-state index contributed by atoms with van der Waals surface area (Å²) in [6.07, 6.45) is 1.44. The molecule has 2 fully saturated rings. The minimum absolute atomic E-state index is 0.0716. The molecule has 2 saturated heterocycles. The molecule has 166 valence electrons. The molecule has 0 saturated carbocycles. The number of hydrogen-bond acceptors (Lipinski definition) is 5. The van der Waals surface area contributed by atoms with Crippen LogP contribution in [0, 0.1) is 5.92 Å². The van der Waals surface area contributed by atoms with Gasteiger partial charge < -0.3 is 14.5 Å². The van der Waals surface area contributed by atoms with E-state index in [2.05, 4.69) is 4.90 Å². The Morgan fingerprint density at radius 1 is 0.935 bits per heavy atom. The van der Waals surface area contributed by atoms with Crippen LogP contribution < -0.4 is 9.64 Å². The molecule has 0 aliphatic carbocycles. The van der Waals surface area contributed by atoms with Crippen molar-refractivity contribution < 1.29 is 17.9 Å². The molecule has 2 aromatic rings. The van der Waals surface area contributed by atoms with Gasteiger partial charge in [-0.15, -0.1) is 0 Å². The first-order valence-electron chi connectivity index (χ1n) is 10.7. The lowest BCUT2D eigenvalue weighted by Crippen LogP contribution is -2.53. The Morgan fingerprint density at radius 3 is 2.26 bits per heavy atom. The molecule has 0 unspecified atom stereocenters. The van der Waals surface area contributed by atoms with Crippen LogP contribution in [0.1, 0.15) is 12.8 Å². The van der Waals surface area contributed by atoms with Crippen LogP contribution in [-0.2, 0) is 14.8 Å². The molecule has 2 aliphatic heterocycles. The Hall–Kier alpha value is -2.58. The molecular formula is C23H29N3O4S. The molecule has 0 spiro atoms. The number of hydrogen-bond donors (Lipinski definition) is 0. The predicted molar refractivity (Wildman–Crippen MR) is 120 cm³/mol. The second-order valence-electron chi connectivity index (χ2n) is 8.03. The van der Waals surface area contributed by atoms with Crippen molar-refractivity contribution in [3.8, 4) is 5.75 Å². The van der Waals surface area contributed by atoms with Crippen LogP contribution in [0.2, 0.25) is 0 Å². The van der Waals surface area contributed by atoms with E-state index in [1.54, 1.807) is 37.4 Å². The fourth-order valence-electron chi connectivity index (χ4n) is 4.34. The van der Waals surface area contributed by atoms with E-state index in [1.807, 2.05) is 29.2 Å². The lowest BCUT2D eigenvalue weighted by molar-refractivity contribution is -0.137.